The van der Waals surface area contributed by atoms with Crippen LogP contribution in [0.5, 0.6) is 5.88 Å². The topological polar surface area (TPSA) is 61.8 Å². The highest BCUT2D eigenvalue weighted by molar-refractivity contribution is 14.0. The predicted octanol–water partition coefficient (Wildman–Crippen LogP) is 3.81. The molecular weight excluding hydrogens is 498 g/mol. The first-order valence-corrected chi connectivity index (χ1v) is 9.55. The standard InChI is InChI=1S/C19H32F3N5O.HI/c1-6-23-18(25-10-11-27(14(2)3)15(4)5)26-12-16-8-7-9-24-17(16)28-13-19(20,21)22;/h7-9,14-15H,6,10-13H2,1-5H3,(H2,23,25,26);1H. The van der Waals surface area contributed by atoms with Gasteiger partial charge < -0.3 is 15.4 Å². The Morgan fingerprint density at radius 2 is 1.86 bits per heavy atom. The van der Waals surface area contributed by atoms with E-state index in [1.54, 1.807) is 12.1 Å². The predicted molar refractivity (Wildman–Crippen MR) is 121 cm³/mol. The van der Waals surface area contributed by atoms with Gasteiger partial charge in [-0.2, -0.15) is 13.2 Å². The Balaban J connectivity index is 0.00000784. The Kier molecular flexibility index (Phi) is 13.2. The van der Waals surface area contributed by atoms with Crippen LogP contribution in [-0.4, -0.2) is 60.3 Å². The molecule has 2 N–H and O–H groups in total. The van der Waals surface area contributed by atoms with Crippen molar-refractivity contribution in [3.05, 3.63) is 23.9 Å². The van der Waals surface area contributed by atoms with Crippen molar-refractivity contribution in [2.24, 2.45) is 4.99 Å². The molecule has 0 fully saturated rings. The second kappa shape index (κ2) is 13.8. The summed E-state index contributed by atoms with van der Waals surface area (Å²) in [6.07, 6.45) is -3.01. The molecule has 0 aliphatic rings. The van der Waals surface area contributed by atoms with Crippen molar-refractivity contribution in [1.82, 2.24) is 20.5 Å². The monoisotopic (exact) mass is 531 g/mol. The summed E-state index contributed by atoms with van der Waals surface area (Å²) < 4.78 is 42.0. The molecule has 1 aromatic rings. The third kappa shape index (κ3) is 11.5. The molecular formula is C19H33F3IN5O. The van der Waals surface area contributed by atoms with E-state index in [4.69, 9.17) is 4.74 Å². The first kappa shape index (κ1) is 27.7. The maximum Gasteiger partial charge on any atom is 0.422 e. The second-order valence-electron chi connectivity index (χ2n) is 6.92. The summed E-state index contributed by atoms with van der Waals surface area (Å²) in [6.45, 7) is 11.6. The number of nitrogens with zero attached hydrogens (tertiary/aromatic N) is 3. The Bertz CT molecular complexity index is 604. The lowest BCUT2D eigenvalue weighted by molar-refractivity contribution is -0.154. The van der Waals surface area contributed by atoms with Crippen molar-refractivity contribution < 1.29 is 17.9 Å². The molecule has 0 unspecified atom stereocenters. The fourth-order valence-corrected chi connectivity index (χ4v) is 2.75. The largest absolute Gasteiger partial charge is 0.468 e. The SMILES string of the molecule is CCNC(=NCc1cccnc1OCC(F)(F)F)NCCN(C(C)C)C(C)C.I. The number of hydrogen-bond donors (Lipinski definition) is 2. The third-order valence-electron chi connectivity index (χ3n) is 3.96. The molecule has 1 aromatic heterocycles. The minimum atomic E-state index is -4.41. The Morgan fingerprint density at radius 1 is 1.21 bits per heavy atom. The summed E-state index contributed by atoms with van der Waals surface area (Å²) >= 11 is 0. The number of nitrogens with one attached hydrogen (secondary N) is 2. The second-order valence-corrected chi connectivity index (χ2v) is 6.92. The van der Waals surface area contributed by atoms with Crippen molar-refractivity contribution in [2.75, 3.05) is 26.2 Å². The van der Waals surface area contributed by atoms with Crippen LogP contribution in [0.4, 0.5) is 13.2 Å². The minimum Gasteiger partial charge on any atom is -0.468 e. The summed E-state index contributed by atoms with van der Waals surface area (Å²) in [7, 11) is 0. The molecule has 6 nitrogen and oxygen atoms in total. The molecule has 168 valence electrons. The van der Waals surface area contributed by atoms with E-state index in [9.17, 15) is 13.2 Å². The van der Waals surface area contributed by atoms with Crippen molar-refractivity contribution in [1.29, 1.82) is 0 Å². The van der Waals surface area contributed by atoms with Crippen molar-refractivity contribution >= 4 is 29.9 Å². The van der Waals surface area contributed by atoms with Gasteiger partial charge in [-0.15, -0.1) is 24.0 Å². The third-order valence-corrected chi connectivity index (χ3v) is 3.96. The molecule has 0 saturated carbocycles. The number of guanidine groups is 1. The number of aromatic nitrogens is 1. The van der Waals surface area contributed by atoms with E-state index in [-0.39, 0.29) is 36.4 Å². The summed E-state index contributed by atoms with van der Waals surface area (Å²) in [5, 5.41) is 6.40. The van der Waals surface area contributed by atoms with E-state index in [0.29, 0.717) is 36.7 Å². The fraction of sp³-hybridized carbons (Fsp3) is 0.684. The van der Waals surface area contributed by atoms with Crippen LogP contribution in [0.1, 0.15) is 40.2 Å². The van der Waals surface area contributed by atoms with Gasteiger partial charge in [-0.1, -0.05) is 6.07 Å². The van der Waals surface area contributed by atoms with Crippen LogP contribution >= 0.6 is 24.0 Å². The molecule has 0 aromatic carbocycles. The first-order valence-electron chi connectivity index (χ1n) is 9.55. The summed E-state index contributed by atoms with van der Waals surface area (Å²) in [5.74, 6) is 0.547. The van der Waals surface area contributed by atoms with Gasteiger partial charge in [-0.05, 0) is 40.7 Å². The van der Waals surface area contributed by atoms with E-state index < -0.39 is 12.8 Å². The summed E-state index contributed by atoms with van der Waals surface area (Å²) in [5.41, 5.74) is 0.495. The quantitative estimate of drug-likeness (QED) is 0.273. The van der Waals surface area contributed by atoms with Crippen LogP contribution < -0.4 is 15.4 Å². The number of halogens is 4. The molecule has 0 amide bonds. The van der Waals surface area contributed by atoms with E-state index >= 15 is 0 Å². The van der Waals surface area contributed by atoms with Crippen LogP contribution in [0.3, 0.4) is 0 Å². The molecule has 0 atom stereocenters. The molecule has 0 saturated heterocycles. The Morgan fingerprint density at radius 3 is 2.41 bits per heavy atom. The highest BCUT2D eigenvalue weighted by Crippen LogP contribution is 2.20. The highest BCUT2D eigenvalue weighted by atomic mass is 127. The normalized spacial score (nSPS) is 12.3. The summed E-state index contributed by atoms with van der Waals surface area (Å²) in [6, 6.07) is 4.18. The number of pyridine rings is 1. The average molecular weight is 531 g/mol. The van der Waals surface area contributed by atoms with Crippen LogP contribution in [0.25, 0.3) is 0 Å². The molecule has 0 bridgehead atoms. The molecule has 0 spiro atoms. The lowest BCUT2D eigenvalue weighted by atomic mass is 10.2. The molecule has 1 rings (SSSR count). The van der Waals surface area contributed by atoms with Crippen LogP contribution in [0.15, 0.2) is 23.3 Å². The van der Waals surface area contributed by atoms with E-state index in [1.165, 1.54) is 6.20 Å². The van der Waals surface area contributed by atoms with Gasteiger partial charge >= 0.3 is 6.18 Å². The van der Waals surface area contributed by atoms with Gasteiger partial charge in [0.25, 0.3) is 0 Å². The number of hydrogen-bond acceptors (Lipinski definition) is 4. The molecule has 10 heteroatoms. The average Bonchev–Trinajstić information content (AvgIpc) is 2.60. The van der Waals surface area contributed by atoms with Crippen LogP contribution in [0.2, 0.25) is 0 Å². The first-order chi connectivity index (χ1) is 13.1. The molecule has 29 heavy (non-hydrogen) atoms. The van der Waals surface area contributed by atoms with Gasteiger partial charge in [0.2, 0.25) is 5.88 Å². The van der Waals surface area contributed by atoms with Gasteiger partial charge in [0, 0.05) is 43.5 Å². The van der Waals surface area contributed by atoms with Gasteiger partial charge in [-0.3, -0.25) is 4.90 Å². The zero-order chi connectivity index (χ0) is 21.2. The fourth-order valence-electron chi connectivity index (χ4n) is 2.75. The molecule has 1 heterocycles. The van der Waals surface area contributed by atoms with Gasteiger partial charge in [-0.25, -0.2) is 9.98 Å². The smallest absolute Gasteiger partial charge is 0.422 e. The minimum absolute atomic E-state index is 0. The number of rotatable bonds is 10. The van der Waals surface area contributed by atoms with E-state index in [2.05, 4.69) is 53.2 Å². The van der Waals surface area contributed by atoms with E-state index in [1.807, 2.05) is 6.92 Å². The Labute approximate surface area is 188 Å². The van der Waals surface area contributed by atoms with Gasteiger partial charge in [0.15, 0.2) is 12.6 Å². The lowest BCUT2D eigenvalue weighted by Gasteiger charge is -2.30. The molecule has 0 aliphatic heterocycles. The van der Waals surface area contributed by atoms with Gasteiger partial charge in [0.1, 0.15) is 0 Å². The van der Waals surface area contributed by atoms with Crippen LogP contribution in [0, 0.1) is 0 Å². The highest BCUT2D eigenvalue weighted by Gasteiger charge is 2.29. The molecule has 0 radical (unpaired) electrons. The molecule has 0 aliphatic carbocycles. The lowest BCUT2D eigenvalue weighted by Crippen LogP contribution is -2.45. The van der Waals surface area contributed by atoms with Crippen LogP contribution in [-0.2, 0) is 6.54 Å². The van der Waals surface area contributed by atoms with E-state index in [0.717, 1.165) is 6.54 Å². The van der Waals surface area contributed by atoms with Crippen molar-refractivity contribution in [2.45, 2.75) is 59.4 Å². The summed E-state index contributed by atoms with van der Waals surface area (Å²) in [4.78, 5) is 10.7. The number of alkyl halides is 3. The van der Waals surface area contributed by atoms with Crippen molar-refractivity contribution in [3.63, 3.8) is 0 Å². The zero-order valence-electron chi connectivity index (χ0n) is 17.7. The number of ether oxygens (including phenoxy) is 1. The number of aliphatic imine (C=N–C) groups is 1. The zero-order valence-corrected chi connectivity index (χ0v) is 20.0. The Hall–Kier alpha value is -1.30. The van der Waals surface area contributed by atoms with Crippen molar-refractivity contribution in [3.8, 4) is 5.88 Å². The van der Waals surface area contributed by atoms with Gasteiger partial charge in [0.05, 0.1) is 6.54 Å². The maximum atomic E-state index is 12.4. The maximum absolute atomic E-state index is 12.4.